The molecule has 0 bridgehead atoms. The van der Waals surface area contributed by atoms with Gasteiger partial charge in [0.15, 0.2) is 5.96 Å². The molecule has 0 unspecified atom stereocenters. The summed E-state index contributed by atoms with van der Waals surface area (Å²) in [5.41, 5.74) is 2.71. The molecule has 1 aliphatic carbocycles. The van der Waals surface area contributed by atoms with Crippen LogP contribution in [0.15, 0.2) is 29.3 Å². The normalized spacial score (nSPS) is 19.4. The third kappa shape index (κ3) is 4.76. The number of likely N-dealkylation sites (tertiary alicyclic amines) is 1. The molecule has 1 saturated heterocycles. The Morgan fingerprint density at radius 2 is 2.04 bits per heavy atom. The van der Waals surface area contributed by atoms with Crippen molar-refractivity contribution in [2.75, 3.05) is 26.2 Å². The lowest BCUT2D eigenvalue weighted by molar-refractivity contribution is 0.203. The van der Waals surface area contributed by atoms with E-state index in [-0.39, 0.29) is 24.0 Å². The third-order valence-electron chi connectivity index (χ3n) is 6.04. The van der Waals surface area contributed by atoms with E-state index >= 15 is 0 Å². The predicted octanol–water partition coefficient (Wildman–Crippen LogP) is 4.35. The number of fused-ring (bicyclic) bond motifs is 1. The van der Waals surface area contributed by atoms with Gasteiger partial charge in [0.2, 0.25) is 0 Å². The Balaban J connectivity index is 0.00000210. The van der Waals surface area contributed by atoms with Crippen molar-refractivity contribution in [1.82, 2.24) is 20.2 Å². The Kier molecular flexibility index (Phi) is 7.00. The second-order valence-electron chi connectivity index (χ2n) is 7.92. The van der Waals surface area contributed by atoms with Crippen LogP contribution in [-0.4, -0.2) is 47.0 Å². The van der Waals surface area contributed by atoms with Crippen molar-refractivity contribution < 1.29 is 0 Å². The number of aliphatic imine (C=N–C) groups is 1. The number of guanidine groups is 1. The number of aromatic amines is 1. The summed E-state index contributed by atoms with van der Waals surface area (Å²) in [6.45, 7) is 6.18. The molecule has 6 heteroatoms. The maximum atomic E-state index is 4.91. The fraction of sp³-hybridized carbons (Fsp3) is 0.619. The lowest BCUT2D eigenvalue weighted by Crippen LogP contribution is -2.41. The number of nitrogens with one attached hydrogen (secondary N) is 2. The monoisotopic (exact) mass is 481 g/mol. The minimum absolute atomic E-state index is 0. The van der Waals surface area contributed by atoms with E-state index in [1.54, 1.807) is 0 Å². The van der Waals surface area contributed by atoms with E-state index in [2.05, 4.69) is 39.2 Å². The van der Waals surface area contributed by atoms with Gasteiger partial charge in [-0.1, -0.05) is 31.4 Å². The Bertz CT molecular complexity index is 730. The van der Waals surface area contributed by atoms with Crippen molar-refractivity contribution in [3.05, 3.63) is 30.1 Å². The standard InChI is InChI=1S/C21H31N5.HI/c1-2-22-20(26-15-13-21(16-26)11-6-3-7-12-21)23-14-10-19-24-17-8-4-5-9-18(17)25-19;/h4-5,8-9H,2-3,6-7,10-16H2,1H3,(H,22,23)(H,24,25);1H. The van der Waals surface area contributed by atoms with Crippen molar-refractivity contribution in [2.45, 2.75) is 51.9 Å². The summed E-state index contributed by atoms with van der Waals surface area (Å²) in [4.78, 5) is 15.5. The Hall–Kier alpha value is -1.31. The first kappa shape index (κ1) is 20.4. The average Bonchev–Trinajstić information content (AvgIpc) is 3.26. The van der Waals surface area contributed by atoms with Crippen molar-refractivity contribution >= 4 is 41.0 Å². The zero-order chi connectivity index (χ0) is 17.8. The lowest BCUT2D eigenvalue weighted by atomic mass is 9.73. The Morgan fingerprint density at radius 3 is 2.81 bits per heavy atom. The van der Waals surface area contributed by atoms with E-state index in [9.17, 15) is 0 Å². The van der Waals surface area contributed by atoms with Crippen LogP contribution in [0.5, 0.6) is 0 Å². The lowest BCUT2D eigenvalue weighted by Gasteiger charge is -2.33. The van der Waals surface area contributed by atoms with Crippen molar-refractivity contribution in [3.8, 4) is 0 Å². The Labute approximate surface area is 179 Å². The number of hydrogen-bond donors (Lipinski definition) is 2. The van der Waals surface area contributed by atoms with E-state index in [0.29, 0.717) is 5.41 Å². The number of benzene rings is 1. The predicted molar refractivity (Wildman–Crippen MR) is 123 cm³/mol. The second-order valence-corrected chi connectivity index (χ2v) is 7.92. The van der Waals surface area contributed by atoms with Gasteiger partial charge in [-0.15, -0.1) is 24.0 Å². The number of imidazole rings is 1. The number of para-hydroxylation sites is 2. The Morgan fingerprint density at radius 1 is 1.22 bits per heavy atom. The minimum atomic E-state index is 0. The molecule has 0 amide bonds. The van der Waals surface area contributed by atoms with Gasteiger partial charge < -0.3 is 15.2 Å². The van der Waals surface area contributed by atoms with Crippen LogP contribution in [0.25, 0.3) is 11.0 Å². The summed E-state index contributed by atoms with van der Waals surface area (Å²) in [7, 11) is 0. The molecule has 1 spiro atoms. The van der Waals surface area contributed by atoms with Crippen LogP contribution in [0.1, 0.15) is 51.3 Å². The van der Waals surface area contributed by atoms with Crippen molar-refractivity contribution in [1.29, 1.82) is 0 Å². The fourth-order valence-electron chi connectivity index (χ4n) is 4.64. The summed E-state index contributed by atoms with van der Waals surface area (Å²) < 4.78 is 0. The highest BCUT2D eigenvalue weighted by Gasteiger charge is 2.39. The van der Waals surface area contributed by atoms with Gasteiger partial charge in [-0.05, 0) is 43.7 Å². The summed E-state index contributed by atoms with van der Waals surface area (Å²) in [5, 5.41) is 3.50. The van der Waals surface area contributed by atoms with E-state index in [4.69, 9.17) is 4.99 Å². The highest BCUT2D eigenvalue weighted by atomic mass is 127. The first-order valence-corrected chi connectivity index (χ1v) is 10.2. The van der Waals surface area contributed by atoms with Crippen LogP contribution >= 0.6 is 24.0 Å². The van der Waals surface area contributed by atoms with Crippen LogP contribution < -0.4 is 5.32 Å². The SMILES string of the molecule is CCNC(=NCCc1nc2ccccc2[nH]1)N1CCC2(CCCCC2)C1.I. The average molecular weight is 481 g/mol. The molecule has 1 saturated carbocycles. The minimum Gasteiger partial charge on any atom is -0.357 e. The molecule has 2 aromatic rings. The summed E-state index contributed by atoms with van der Waals surface area (Å²) in [6, 6.07) is 8.20. The number of hydrogen-bond acceptors (Lipinski definition) is 2. The zero-order valence-electron chi connectivity index (χ0n) is 16.3. The van der Waals surface area contributed by atoms with Gasteiger partial charge in [-0.25, -0.2) is 4.98 Å². The molecule has 2 aliphatic rings. The highest BCUT2D eigenvalue weighted by Crippen LogP contribution is 2.43. The molecule has 4 rings (SSSR count). The molecular formula is C21H32IN5. The van der Waals surface area contributed by atoms with E-state index < -0.39 is 0 Å². The molecule has 27 heavy (non-hydrogen) atoms. The summed E-state index contributed by atoms with van der Waals surface area (Å²) >= 11 is 0. The molecule has 2 heterocycles. The molecule has 1 aromatic heterocycles. The quantitative estimate of drug-likeness (QED) is 0.388. The maximum Gasteiger partial charge on any atom is 0.193 e. The molecule has 5 nitrogen and oxygen atoms in total. The third-order valence-corrected chi connectivity index (χ3v) is 6.04. The molecule has 0 atom stereocenters. The van der Waals surface area contributed by atoms with Crippen LogP contribution in [0.2, 0.25) is 0 Å². The molecule has 1 aliphatic heterocycles. The largest absolute Gasteiger partial charge is 0.357 e. The number of halogens is 1. The van der Waals surface area contributed by atoms with Crippen LogP contribution in [0.3, 0.4) is 0 Å². The zero-order valence-corrected chi connectivity index (χ0v) is 18.7. The van der Waals surface area contributed by atoms with Crippen molar-refractivity contribution in [2.24, 2.45) is 10.4 Å². The summed E-state index contributed by atoms with van der Waals surface area (Å²) in [5.74, 6) is 2.11. The van der Waals surface area contributed by atoms with Gasteiger partial charge >= 0.3 is 0 Å². The number of nitrogens with zero attached hydrogens (tertiary/aromatic N) is 3. The highest BCUT2D eigenvalue weighted by molar-refractivity contribution is 14.0. The van der Waals surface area contributed by atoms with Gasteiger partial charge in [-0.2, -0.15) is 0 Å². The number of aromatic nitrogens is 2. The fourth-order valence-corrected chi connectivity index (χ4v) is 4.64. The molecule has 2 fully saturated rings. The topological polar surface area (TPSA) is 56.3 Å². The van der Waals surface area contributed by atoms with Crippen LogP contribution in [0.4, 0.5) is 0 Å². The summed E-state index contributed by atoms with van der Waals surface area (Å²) in [6.07, 6.45) is 9.24. The van der Waals surface area contributed by atoms with Crippen LogP contribution in [0, 0.1) is 5.41 Å². The molecule has 1 aromatic carbocycles. The van der Waals surface area contributed by atoms with Gasteiger partial charge in [0.25, 0.3) is 0 Å². The maximum absolute atomic E-state index is 4.91. The van der Waals surface area contributed by atoms with Gasteiger partial charge in [0.05, 0.1) is 11.0 Å². The van der Waals surface area contributed by atoms with E-state index in [1.165, 1.54) is 45.1 Å². The van der Waals surface area contributed by atoms with Crippen LogP contribution in [-0.2, 0) is 6.42 Å². The van der Waals surface area contributed by atoms with Gasteiger partial charge in [-0.3, -0.25) is 4.99 Å². The van der Waals surface area contributed by atoms with Crippen molar-refractivity contribution in [3.63, 3.8) is 0 Å². The smallest absolute Gasteiger partial charge is 0.193 e. The molecular weight excluding hydrogens is 449 g/mol. The first-order chi connectivity index (χ1) is 12.8. The second kappa shape index (κ2) is 9.26. The molecule has 0 radical (unpaired) electrons. The van der Waals surface area contributed by atoms with Gasteiger partial charge in [0, 0.05) is 32.6 Å². The van der Waals surface area contributed by atoms with Gasteiger partial charge in [0.1, 0.15) is 5.82 Å². The molecule has 2 N–H and O–H groups in total. The number of H-pyrrole nitrogens is 1. The van der Waals surface area contributed by atoms with E-state index in [1.807, 2.05) is 12.1 Å². The number of rotatable bonds is 4. The molecule has 148 valence electrons. The van der Waals surface area contributed by atoms with E-state index in [0.717, 1.165) is 48.9 Å². The first-order valence-electron chi connectivity index (χ1n) is 10.2.